The Kier molecular flexibility index (Phi) is 9.72. The van der Waals surface area contributed by atoms with Crippen molar-refractivity contribution in [2.45, 2.75) is 32.8 Å². The van der Waals surface area contributed by atoms with Gasteiger partial charge in [-0.2, -0.15) is 0 Å². The number of carbonyl (C=O) groups excluding carboxylic acids is 1. The Labute approximate surface area is 173 Å². The second-order valence-electron chi connectivity index (χ2n) is 6.83. The molecule has 156 valence electrons. The maximum absolute atomic E-state index is 11.1. The summed E-state index contributed by atoms with van der Waals surface area (Å²) in [4.78, 5) is 15.3. The Bertz CT molecular complexity index is 760. The number of guanidine groups is 1. The molecule has 0 aromatic heterocycles. The van der Waals surface area contributed by atoms with E-state index in [1.165, 1.54) is 18.1 Å². The van der Waals surface area contributed by atoms with Gasteiger partial charge in [-0.3, -0.25) is 9.79 Å². The van der Waals surface area contributed by atoms with Crippen LogP contribution in [0, 0.1) is 0 Å². The Morgan fingerprint density at radius 1 is 1.03 bits per heavy atom. The summed E-state index contributed by atoms with van der Waals surface area (Å²) in [6, 6.07) is 18.1. The first-order valence-electron chi connectivity index (χ1n) is 10.1. The summed E-state index contributed by atoms with van der Waals surface area (Å²) in [5.74, 6) is 0.727. The minimum atomic E-state index is -0.0609. The van der Waals surface area contributed by atoms with Gasteiger partial charge in [-0.25, -0.2) is 0 Å². The Morgan fingerprint density at radius 3 is 2.38 bits per heavy atom. The highest BCUT2D eigenvalue weighted by atomic mass is 16.5. The van der Waals surface area contributed by atoms with Crippen molar-refractivity contribution < 1.29 is 9.53 Å². The lowest BCUT2D eigenvalue weighted by Gasteiger charge is -2.15. The fraction of sp³-hybridized carbons (Fsp3) is 0.391. The summed E-state index contributed by atoms with van der Waals surface area (Å²) in [6.07, 6.45) is 1.88. The van der Waals surface area contributed by atoms with Gasteiger partial charge in [0, 0.05) is 39.4 Å². The summed E-state index contributed by atoms with van der Waals surface area (Å²) in [7, 11) is 1.77. The number of hydrogen-bond donors (Lipinski definition) is 3. The molecule has 29 heavy (non-hydrogen) atoms. The predicted octanol–water partition coefficient (Wildman–Crippen LogP) is 3.52. The zero-order valence-electron chi connectivity index (χ0n) is 17.6. The standard InChI is InChI=1S/C23H32N4O2/c1-18(21-8-5-4-6-9-21)29-17-7-15-25-23(24-3)26-16-14-20-10-12-22(13-11-20)27-19(2)28/h4-6,8-13,18H,7,14-17H2,1-3H3,(H,27,28)(H2,24,25,26). The molecule has 0 radical (unpaired) electrons. The molecule has 2 aromatic carbocycles. The molecular weight excluding hydrogens is 364 g/mol. The molecule has 3 N–H and O–H groups in total. The number of hydrogen-bond acceptors (Lipinski definition) is 3. The van der Waals surface area contributed by atoms with Crippen molar-refractivity contribution in [1.29, 1.82) is 0 Å². The van der Waals surface area contributed by atoms with Gasteiger partial charge in [-0.15, -0.1) is 0 Å². The molecule has 0 bridgehead atoms. The lowest BCUT2D eigenvalue weighted by molar-refractivity contribution is -0.114. The number of ether oxygens (including phenoxy) is 1. The first-order valence-corrected chi connectivity index (χ1v) is 10.1. The van der Waals surface area contributed by atoms with Crippen molar-refractivity contribution in [3.05, 3.63) is 65.7 Å². The molecule has 2 aromatic rings. The molecule has 0 aliphatic heterocycles. The number of benzene rings is 2. The van der Waals surface area contributed by atoms with E-state index < -0.39 is 0 Å². The van der Waals surface area contributed by atoms with Crippen LogP contribution in [0.1, 0.15) is 37.5 Å². The van der Waals surface area contributed by atoms with Crippen LogP contribution in [-0.4, -0.2) is 38.6 Å². The molecule has 0 saturated heterocycles. The second-order valence-corrected chi connectivity index (χ2v) is 6.83. The van der Waals surface area contributed by atoms with Gasteiger partial charge >= 0.3 is 0 Å². The number of carbonyl (C=O) groups is 1. The van der Waals surface area contributed by atoms with Crippen molar-refractivity contribution in [3.63, 3.8) is 0 Å². The molecule has 0 fully saturated rings. The molecule has 1 atom stereocenters. The topological polar surface area (TPSA) is 74.8 Å². The largest absolute Gasteiger partial charge is 0.374 e. The van der Waals surface area contributed by atoms with Gasteiger partial charge in [0.05, 0.1) is 6.10 Å². The van der Waals surface area contributed by atoms with Crippen molar-refractivity contribution in [1.82, 2.24) is 10.6 Å². The Balaban J connectivity index is 1.60. The number of amides is 1. The number of rotatable bonds is 10. The molecule has 0 spiro atoms. The van der Waals surface area contributed by atoms with E-state index in [1.54, 1.807) is 7.05 Å². The maximum Gasteiger partial charge on any atom is 0.221 e. The van der Waals surface area contributed by atoms with Crippen LogP contribution < -0.4 is 16.0 Å². The van der Waals surface area contributed by atoms with Gasteiger partial charge in [0.2, 0.25) is 5.91 Å². The molecule has 1 amide bonds. The van der Waals surface area contributed by atoms with Gasteiger partial charge < -0.3 is 20.7 Å². The molecule has 0 heterocycles. The highest BCUT2D eigenvalue weighted by molar-refractivity contribution is 5.88. The van der Waals surface area contributed by atoms with Gasteiger partial charge in [0.1, 0.15) is 0 Å². The quantitative estimate of drug-likeness (QED) is 0.326. The van der Waals surface area contributed by atoms with Crippen molar-refractivity contribution in [2.24, 2.45) is 4.99 Å². The van der Waals surface area contributed by atoms with Crippen LogP contribution in [0.3, 0.4) is 0 Å². The molecule has 2 rings (SSSR count). The van der Waals surface area contributed by atoms with Gasteiger partial charge in [0.15, 0.2) is 5.96 Å². The summed E-state index contributed by atoms with van der Waals surface area (Å²) >= 11 is 0. The highest BCUT2D eigenvalue weighted by Gasteiger charge is 2.04. The minimum Gasteiger partial charge on any atom is -0.374 e. The summed E-state index contributed by atoms with van der Waals surface area (Å²) in [6.45, 7) is 5.85. The van der Waals surface area contributed by atoms with Crippen LogP contribution >= 0.6 is 0 Å². The van der Waals surface area contributed by atoms with E-state index in [4.69, 9.17) is 4.74 Å². The van der Waals surface area contributed by atoms with E-state index in [2.05, 4.69) is 40.0 Å². The van der Waals surface area contributed by atoms with Gasteiger partial charge in [-0.1, -0.05) is 42.5 Å². The monoisotopic (exact) mass is 396 g/mol. The molecule has 0 aliphatic rings. The molecule has 1 unspecified atom stereocenters. The zero-order valence-corrected chi connectivity index (χ0v) is 17.6. The fourth-order valence-electron chi connectivity index (χ4n) is 2.86. The number of nitrogens with one attached hydrogen (secondary N) is 3. The average molecular weight is 397 g/mol. The molecule has 0 saturated carbocycles. The van der Waals surface area contributed by atoms with Crippen LogP contribution in [0.25, 0.3) is 0 Å². The Hall–Kier alpha value is -2.86. The van der Waals surface area contributed by atoms with Crippen molar-refractivity contribution in [3.8, 4) is 0 Å². The molecule has 6 heteroatoms. The lowest BCUT2D eigenvalue weighted by atomic mass is 10.1. The van der Waals surface area contributed by atoms with E-state index >= 15 is 0 Å². The first-order chi connectivity index (χ1) is 14.1. The summed E-state index contributed by atoms with van der Waals surface area (Å²) in [5, 5.41) is 9.40. The van der Waals surface area contributed by atoms with Crippen molar-refractivity contribution >= 4 is 17.6 Å². The normalized spacial score (nSPS) is 12.3. The molecular formula is C23H32N4O2. The maximum atomic E-state index is 11.1. The smallest absolute Gasteiger partial charge is 0.221 e. The number of anilines is 1. The first kappa shape index (κ1) is 22.4. The summed E-state index contributed by atoms with van der Waals surface area (Å²) in [5.41, 5.74) is 3.21. The lowest BCUT2D eigenvalue weighted by Crippen LogP contribution is -2.39. The highest BCUT2D eigenvalue weighted by Crippen LogP contribution is 2.15. The van der Waals surface area contributed by atoms with E-state index in [9.17, 15) is 4.79 Å². The zero-order chi connectivity index (χ0) is 20.9. The van der Waals surface area contributed by atoms with Gasteiger partial charge in [0.25, 0.3) is 0 Å². The minimum absolute atomic E-state index is 0.0609. The second kappa shape index (κ2) is 12.6. The Morgan fingerprint density at radius 2 is 1.72 bits per heavy atom. The molecule has 0 aliphatic carbocycles. The third-order valence-corrected chi connectivity index (χ3v) is 4.45. The third kappa shape index (κ3) is 8.79. The van der Waals surface area contributed by atoms with E-state index in [0.29, 0.717) is 6.61 Å². The SMILES string of the molecule is CN=C(NCCCOC(C)c1ccccc1)NCCc1ccc(NC(C)=O)cc1. The average Bonchev–Trinajstić information content (AvgIpc) is 2.73. The van der Waals surface area contributed by atoms with Crippen LogP contribution in [-0.2, 0) is 16.0 Å². The van der Waals surface area contributed by atoms with Gasteiger partial charge in [-0.05, 0) is 43.0 Å². The van der Waals surface area contributed by atoms with Crippen LogP contribution in [0.4, 0.5) is 5.69 Å². The van der Waals surface area contributed by atoms with Crippen LogP contribution in [0.15, 0.2) is 59.6 Å². The third-order valence-electron chi connectivity index (χ3n) is 4.45. The number of aliphatic imine (C=N–C) groups is 1. The summed E-state index contributed by atoms with van der Waals surface area (Å²) < 4.78 is 5.89. The fourth-order valence-corrected chi connectivity index (χ4v) is 2.86. The van der Waals surface area contributed by atoms with E-state index in [0.717, 1.165) is 37.6 Å². The van der Waals surface area contributed by atoms with Crippen LogP contribution in [0.5, 0.6) is 0 Å². The van der Waals surface area contributed by atoms with E-state index in [-0.39, 0.29) is 12.0 Å². The van der Waals surface area contributed by atoms with E-state index in [1.807, 2.05) is 42.5 Å². The molecule has 6 nitrogen and oxygen atoms in total. The predicted molar refractivity (Wildman–Crippen MR) is 119 cm³/mol. The van der Waals surface area contributed by atoms with Crippen molar-refractivity contribution in [2.75, 3.05) is 32.1 Å². The number of nitrogens with zero attached hydrogens (tertiary/aromatic N) is 1. The van der Waals surface area contributed by atoms with Crippen LogP contribution in [0.2, 0.25) is 0 Å².